The lowest BCUT2D eigenvalue weighted by molar-refractivity contribution is -0.122. The minimum atomic E-state index is -0.514. The number of primary amides is 1. The summed E-state index contributed by atoms with van der Waals surface area (Å²) in [6, 6.07) is 5.68. The van der Waals surface area contributed by atoms with Crippen LogP contribution in [0.15, 0.2) is 18.2 Å². The number of ether oxygens (including phenoxy) is 1. The van der Waals surface area contributed by atoms with Crippen molar-refractivity contribution in [3.05, 3.63) is 29.3 Å². The fourth-order valence-electron chi connectivity index (χ4n) is 2.23. The predicted octanol–water partition coefficient (Wildman–Crippen LogP) is 0.276. The predicted molar refractivity (Wildman–Crippen MR) is 75.6 cm³/mol. The van der Waals surface area contributed by atoms with Crippen molar-refractivity contribution >= 4 is 17.5 Å². The SMILES string of the molecule is NC(=O)COCCNC(=O)c1cccc2c1CCCN2. The molecule has 6 nitrogen and oxygen atoms in total. The van der Waals surface area contributed by atoms with Gasteiger partial charge in [-0.2, -0.15) is 0 Å². The summed E-state index contributed by atoms with van der Waals surface area (Å²) < 4.78 is 4.99. The van der Waals surface area contributed by atoms with E-state index in [-0.39, 0.29) is 19.1 Å². The smallest absolute Gasteiger partial charge is 0.251 e. The number of carbonyl (C=O) groups is 2. The molecule has 20 heavy (non-hydrogen) atoms. The maximum atomic E-state index is 12.1. The van der Waals surface area contributed by atoms with Crippen molar-refractivity contribution in [1.82, 2.24) is 5.32 Å². The first-order chi connectivity index (χ1) is 9.68. The van der Waals surface area contributed by atoms with Crippen molar-refractivity contribution in [3.8, 4) is 0 Å². The molecule has 0 saturated heterocycles. The summed E-state index contributed by atoms with van der Waals surface area (Å²) in [5.74, 6) is -0.632. The number of amides is 2. The average molecular weight is 277 g/mol. The molecule has 0 spiro atoms. The van der Waals surface area contributed by atoms with E-state index in [1.54, 1.807) is 0 Å². The van der Waals surface area contributed by atoms with Gasteiger partial charge in [0.25, 0.3) is 5.91 Å². The summed E-state index contributed by atoms with van der Waals surface area (Å²) in [4.78, 5) is 22.6. The van der Waals surface area contributed by atoms with Gasteiger partial charge in [0.15, 0.2) is 0 Å². The van der Waals surface area contributed by atoms with Crippen molar-refractivity contribution in [2.45, 2.75) is 12.8 Å². The van der Waals surface area contributed by atoms with Crippen molar-refractivity contribution < 1.29 is 14.3 Å². The van der Waals surface area contributed by atoms with Crippen molar-refractivity contribution in [2.24, 2.45) is 5.73 Å². The van der Waals surface area contributed by atoms with Crippen LogP contribution in [-0.2, 0) is 16.0 Å². The molecular weight excluding hydrogens is 258 g/mol. The van der Waals surface area contributed by atoms with E-state index in [1.807, 2.05) is 18.2 Å². The standard InChI is InChI=1S/C14H19N3O3/c15-13(18)9-20-8-7-17-14(19)11-3-1-5-12-10(11)4-2-6-16-12/h1,3,5,16H,2,4,6-9H2,(H2,15,18)(H,17,19). The minimum absolute atomic E-state index is 0.117. The minimum Gasteiger partial charge on any atom is -0.385 e. The number of fused-ring (bicyclic) bond motifs is 1. The molecule has 1 aliphatic rings. The van der Waals surface area contributed by atoms with Crippen LogP contribution >= 0.6 is 0 Å². The first-order valence-electron chi connectivity index (χ1n) is 6.68. The van der Waals surface area contributed by atoms with Crippen LogP contribution in [0.25, 0.3) is 0 Å². The van der Waals surface area contributed by atoms with Gasteiger partial charge in [0.2, 0.25) is 5.91 Å². The quantitative estimate of drug-likeness (QED) is 0.651. The molecule has 0 bridgehead atoms. The topological polar surface area (TPSA) is 93.5 Å². The van der Waals surface area contributed by atoms with Crippen LogP contribution < -0.4 is 16.4 Å². The van der Waals surface area contributed by atoms with E-state index in [2.05, 4.69) is 10.6 Å². The molecule has 1 aliphatic heterocycles. The lowest BCUT2D eigenvalue weighted by atomic mass is 9.97. The van der Waals surface area contributed by atoms with Crippen LogP contribution in [-0.4, -0.2) is 38.1 Å². The van der Waals surface area contributed by atoms with E-state index >= 15 is 0 Å². The Hall–Kier alpha value is -2.08. The highest BCUT2D eigenvalue weighted by atomic mass is 16.5. The number of hydrogen-bond donors (Lipinski definition) is 3. The largest absolute Gasteiger partial charge is 0.385 e. The molecule has 0 aliphatic carbocycles. The number of carbonyl (C=O) groups excluding carboxylic acids is 2. The highest BCUT2D eigenvalue weighted by Crippen LogP contribution is 2.25. The second-order valence-corrected chi connectivity index (χ2v) is 4.64. The summed E-state index contributed by atoms with van der Waals surface area (Å²) in [6.45, 7) is 1.44. The van der Waals surface area contributed by atoms with Gasteiger partial charge in [-0.1, -0.05) is 6.07 Å². The van der Waals surface area contributed by atoms with Gasteiger partial charge in [-0.15, -0.1) is 0 Å². The summed E-state index contributed by atoms with van der Waals surface area (Å²) in [6.07, 6.45) is 1.93. The van der Waals surface area contributed by atoms with Gasteiger partial charge in [0, 0.05) is 24.3 Å². The van der Waals surface area contributed by atoms with Gasteiger partial charge in [0.1, 0.15) is 6.61 Å². The highest BCUT2D eigenvalue weighted by molar-refractivity contribution is 5.97. The van der Waals surface area contributed by atoms with Gasteiger partial charge >= 0.3 is 0 Å². The Balaban J connectivity index is 1.88. The van der Waals surface area contributed by atoms with E-state index in [1.165, 1.54) is 0 Å². The molecule has 0 fully saturated rings. The summed E-state index contributed by atoms with van der Waals surface area (Å²) in [5.41, 5.74) is 7.74. The zero-order valence-electron chi connectivity index (χ0n) is 11.3. The molecule has 0 atom stereocenters. The normalized spacial score (nSPS) is 13.2. The fourth-order valence-corrected chi connectivity index (χ4v) is 2.23. The van der Waals surface area contributed by atoms with Gasteiger partial charge < -0.3 is 21.1 Å². The first kappa shape index (κ1) is 14.3. The van der Waals surface area contributed by atoms with E-state index in [0.717, 1.165) is 30.6 Å². The molecule has 108 valence electrons. The van der Waals surface area contributed by atoms with E-state index in [0.29, 0.717) is 12.1 Å². The average Bonchev–Trinajstić information content (AvgIpc) is 2.45. The van der Waals surface area contributed by atoms with Crippen LogP contribution in [0.3, 0.4) is 0 Å². The number of hydrogen-bond acceptors (Lipinski definition) is 4. The number of benzene rings is 1. The Bertz CT molecular complexity index is 502. The number of nitrogens with one attached hydrogen (secondary N) is 2. The van der Waals surface area contributed by atoms with Gasteiger partial charge in [0.05, 0.1) is 6.61 Å². The molecule has 2 amide bonds. The lowest BCUT2D eigenvalue weighted by Gasteiger charge is -2.20. The molecule has 1 aromatic rings. The lowest BCUT2D eigenvalue weighted by Crippen LogP contribution is -2.30. The molecule has 1 aromatic carbocycles. The van der Waals surface area contributed by atoms with E-state index in [9.17, 15) is 9.59 Å². The molecule has 0 saturated carbocycles. The Morgan fingerprint density at radius 3 is 3.05 bits per heavy atom. The summed E-state index contributed by atoms with van der Waals surface area (Å²) >= 11 is 0. The highest BCUT2D eigenvalue weighted by Gasteiger charge is 2.16. The Kier molecular flexibility index (Phi) is 4.95. The zero-order chi connectivity index (χ0) is 14.4. The van der Waals surface area contributed by atoms with Crippen molar-refractivity contribution in [3.63, 3.8) is 0 Å². The second-order valence-electron chi connectivity index (χ2n) is 4.64. The maximum Gasteiger partial charge on any atom is 0.251 e. The van der Waals surface area contributed by atoms with Crippen molar-refractivity contribution in [1.29, 1.82) is 0 Å². The van der Waals surface area contributed by atoms with Crippen LogP contribution in [0.5, 0.6) is 0 Å². The van der Waals surface area contributed by atoms with Crippen molar-refractivity contribution in [2.75, 3.05) is 31.6 Å². The molecule has 2 rings (SSSR count). The van der Waals surface area contributed by atoms with Crippen LogP contribution in [0.1, 0.15) is 22.3 Å². The third-order valence-corrected chi connectivity index (χ3v) is 3.12. The summed E-state index contributed by atoms with van der Waals surface area (Å²) in [7, 11) is 0. The van der Waals surface area contributed by atoms with E-state index < -0.39 is 5.91 Å². The molecular formula is C14H19N3O3. The van der Waals surface area contributed by atoms with Gasteiger partial charge in [-0.05, 0) is 30.5 Å². The Morgan fingerprint density at radius 2 is 2.25 bits per heavy atom. The van der Waals surface area contributed by atoms with Crippen LogP contribution in [0.2, 0.25) is 0 Å². The third-order valence-electron chi connectivity index (χ3n) is 3.12. The van der Waals surface area contributed by atoms with Crippen LogP contribution in [0, 0.1) is 0 Å². The third kappa shape index (κ3) is 3.71. The summed E-state index contributed by atoms with van der Waals surface area (Å²) in [5, 5.41) is 6.07. The molecule has 4 N–H and O–H groups in total. The fraction of sp³-hybridized carbons (Fsp3) is 0.429. The molecule has 6 heteroatoms. The first-order valence-corrected chi connectivity index (χ1v) is 6.68. The molecule has 1 heterocycles. The number of rotatable bonds is 6. The number of anilines is 1. The molecule has 0 aromatic heterocycles. The van der Waals surface area contributed by atoms with Gasteiger partial charge in [-0.3, -0.25) is 9.59 Å². The Labute approximate surface area is 117 Å². The second kappa shape index (κ2) is 6.91. The monoisotopic (exact) mass is 277 g/mol. The maximum absolute atomic E-state index is 12.1. The zero-order valence-corrected chi connectivity index (χ0v) is 11.3. The molecule has 0 radical (unpaired) electrons. The molecule has 0 unspecified atom stereocenters. The van der Waals surface area contributed by atoms with E-state index in [4.69, 9.17) is 10.5 Å². The number of nitrogens with two attached hydrogens (primary N) is 1. The van der Waals surface area contributed by atoms with Gasteiger partial charge in [-0.25, -0.2) is 0 Å². The Morgan fingerprint density at radius 1 is 1.40 bits per heavy atom. The van der Waals surface area contributed by atoms with Crippen LogP contribution in [0.4, 0.5) is 5.69 Å².